The summed E-state index contributed by atoms with van der Waals surface area (Å²) in [5.41, 5.74) is 2.16. The SMILES string of the molecule is O=C(NCc1nnc2ccccn12)c1cnn(Cc2ccccc2Cl)c1. The van der Waals surface area contributed by atoms with Gasteiger partial charge in [0.2, 0.25) is 0 Å². The summed E-state index contributed by atoms with van der Waals surface area (Å²) in [4.78, 5) is 12.4. The second-order valence-corrected chi connectivity index (χ2v) is 6.15. The van der Waals surface area contributed by atoms with Gasteiger partial charge in [-0.2, -0.15) is 5.10 Å². The molecule has 26 heavy (non-hydrogen) atoms. The van der Waals surface area contributed by atoms with Crippen molar-refractivity contribution >= 4 is 23.2 Å². The zero-order valence-electron chi connectivity index (χ0n) is 13.7. The molecule has 0 aliphatic heterocycles. The first kappa shape index (κ1) is 16.3. The van der Waals surface area contributed by atoms with Crippen molar-refractivity contribution in [2.45, 2.75) is 13.1 Å². The normalized spacial score (nSPS) is 11.0. The fourth-order valence-electron chi connectivity index (χ4n) is 2.64. The van der Waals surface area contributed by atoms with Gasteiger partial charge in [-0.05, 0) is 23.8 Å². The van der Waals surface area contributed by atoms with Crippen LogP contribution in [-0.2, 0) is 13.1 Å². The zero-order chi connectivity index (χ0) is 17.9. The van der Waals surface area contributed by atoms with Crippen molar-refractivity contribution < 1.29 is 4.79 Å². The van der Waals surface area contributed by atoms with Gasteiger partial charge in [-0.3, -0.25) is 13.9 Å². The minimum atomic E-state index is -0.219. The van der Waals surface area contributed by atoms with Gasteiger partial charge in [0.25, 0.3) is 5.91 Å². The average Bonchev–Trinajstić information content (AvgIpc) is 3.29. The maximum Gasteiger partial charge on any atom is 0.254 e. The Balaban J connectivity index is 1.43. The van der Waals surface area contributed by atoms with Gasteiger partial charge in [0.1, 0.15) is 0 Å². The Morgan fingerprint density at radius 3 is 2.85 bits per heavy atom. The van der Waals surface area contributed by atoms with Crippen molar-refractivity contribution in [1.82, 2.24) is 29.7 Å². The van der Waals surface area contributed by atoms with E-state index in [1.807, 2.05) is 53.1 Å². The predicted molar refractivity (Wildman–Crippen MR) is 96.9 cm³/mol. The van der Waals surface area contributed by atoms with E-state index in [1.54, 1.807) is 10.9 Å². The van der Waals surface area contributed by atoms with E-state index in [0.29, 0.717) is 23.0 Å². The van der Waals surface area contributed by atoms with Crippen LogP contribution in [0.4, 0.5) is 0 Å². The van der Waals surface area contributed by atoms with E-state index in [2.05, 4.69) is 20.6 Å². The molecule has 0 aliphatic rings. The molecule has 0 saturated heterocycles. The van der Waals surface area contributed by atoms with Crippen LogP contribution in [0.15, 0.2) is 61.1 Å². The Kier molecular flexibility index (Phi) is 4.37. The topological polar surface area (TPSA) is 77.1 Å². The third-order valence-corrected chi connectivity index (χ3v) is 4.35. The van der Waals surface area contributed by atoms with Gasteiger partial charge in [0.05, 0.1) is 24.8 Å². The third-order valence-electron chi connectivity index (χ3n) is 3.98. The van der Waals surface area contributed by atoms with Gasteiger partial charge in [-0.25, -0.2) is 0 Å². The molecule has 130 valence electrons. The Morgan fingerprint density at radius 2 is 1.96 bits per heavy atom. The quantitative estimate of drug-likeness (QED) is 0.589. The summed E-state index contributed by atoms with van der Waals surface area (Å²) >= 11 is 6.16. The van der Waals surface area contributed by atoms with Crippen molar-refractivity contribution in [3.63, 3.8) is 0 Å². The van der Waals surface area contributed by atoms with Gasteiger partial charge in [0, 0.05) is 17.4 Å². The van der Waals surface area contributed by atoms with Gasteiger partial charge in [0.15, 0.2) is 11.5 Å². The van der Waals surface area contributed by atoms with E-state index < -0.39 is 0 Å². The summed E-state index contributed by atoms with van der Waals surface area (Å²) < 4.78 is 3.52. The van der Waals surface area contributed by atoms with Crippen LogP contribution in [0.5, 0.6) is 0 Å². The Hall–Kier alpha value is -3.19. The van der Waals surface area contributed by atoms with Crippen LogP contribution in [0.2, 0.25) is 5.02 Å². The van der Waals surface area contributed by atoms with Crippen LogP contribution in [0, 0.1) is 0 Å². The number of carbonyl (C=O) groups is 1. The van der Waals surface area contributed by atoms with E-state index in [-0.39, 0.29) is 12.5 Å². The largest absolute Gasteiger partial charge is 0.345 e. The van der Waals surface area contributed by atoms with E-state index in [1.165, 1.54) is 6.20 Å². The molecule has 4 aromatic rings. The Bertz CT molecular complexity index is 1070. The molecular formula is C18H15ClN6O. The molecule has 8 heteroatoms. The summed E-state index contributed by atoms with van der Waals surface area (Å²) in [5, 5.41) is 15.9. The molecule has 4 rings (SSSR count). The Labute approximate surface area is 154 Å². The molecule has 0 radical (unpaired) electrons. The number of pyridine rings is 1. The monoisotopic (exact) mass is 366 g/mol. The number of halogens is 1. The van der Waals surface area contributed by atoms with Gasteiger partial charge >= 0.3 is 0 Å². The number of aromatic nitrogens is 5. The highest BCUT2D eigenvalue weighted by molar-refractivity contribution is 6.31. The summed E-state index contributed by atoms with van der Waals surface area (Å²) in [7, 11) is 0. The minimum absolute atomic E-state index is 0.219. The second kappa shape index (κ2) is 6.97. The maximum absolute atomic E-state index is 12.4. The number of amides is 1. The lowest BCUT2D eigenvalue weighted by Gasteiger charge is -2.04. The lowest BCUT2D eigenvalue weighted by Crippen LogP contribution is -2.23. The van der Waals surface area contributed by atoms with Gasteiger partial charge in [-0.15, -0.1) is 10.2 Å². The molecule has 1 N–H and O–H groups in total. The van der Waals surface area contributed by atoms with Crippen molar-refractivity contribution in [3.8, 4) is 0 Å². The first-order valence-electron chi connectivity index (χ1n) is 8.03. The molecule has 0 bridgehead atoms. The van der Waals surface area contributed by atoms with E-state index in [0.717, 1.165) is 11.2 Å². The first-order valence-corrected chi connectivity index (χ1v) is 8.41. The lowest BCUT2D eigenvalue weighted by molar-refractivity contribution is 0.0949. The average molecular weight is 367 g/mol. The third kappa shape index (κ3) is 3.29. The standard InChI is InChI=1S/C18H15ClN6O/c19-15-6-2-1-5-13(15)11-24-12-14(9-21-24)18(26)20-10-17-23-22-16-7-3-4-8-25(16)17/h1-9,12H,10-11H2,(H,20,26). The molecule has 3 aromatic heterocycles. The number of nitrogens with one attached hydrogen (secondary N) is 1. The number of nitrogens with zero attached hydrogens (tertiary/aromatic N) is 5. The predicted octanol–water partition coefficient (Wildman–Crippen LogP) is 2.56. The summed E-state index contributed by atoms with van der Waals surface area (Å²) in [6.45, 7) is 0.779. The summed E-state index contributed by atoms with van der Waals surface area (Å²) in [6, 6.07) is 13.2. The van der Waals surface area contributed by atoms with Crippen molar-refractivity contribution in [3.05, 3.63) is 83.0 Å². The van der Waals surface area contributed by atoms with Crippen LogP contribution >= 0.6 is 11.6 Å². The highest BCUT2D eigenvalue weighted by atomic mass is 35.5. The van der Waals surface area contributed by atoms with E-state index in [9.17, 15) is 4.79 Å². The maximum atomic E-state index is 12.4. The molecule has 1 amide bonds. The van der Waals surface area contributed by atoms with Crippen LogP contribution in [0.1, 0.15) is 21.7 Å². The van der Waals surface area contributed by atoms with Crippen molar-refractivity contribution in [1.29, 1.82) is 0 Å². The highest BCUT2D eigenvalue weighted by Crippen LogP contribution is 2.16. The number of fused-ring (bicyclic) bond motifs is 1. The number of rotatable bonds is 5. The van der Waals surface area contributed by atoms with E-state index in [4.69, 9.17) is 11.6 Å². The molecule has 0 fully saturated rings. The lowest BCUT2D eigenvalue weighted by atomic mass is 10.2. The Morgan fingerprint density at radius 1 is 1.12 bits per heavy atom. The molecule has 0 aliphatic carbocycles. The molecule has 1 aromatic carbocycles. The van der Waals surface area contributed by atoms with Gasteiger partial charge in [-0.1, -0.05) is 35.9 Å². The van der Waals surface area contributed by atoms with Crippen LogP contribution in [-0.4, -0.2) is 30.3 Å². The zero-order valence-corrected chi connectivity index (χ0v) is 14.5. The fourth-order valence-corrected chi connectivity index (χ4v) is 2.84. The second-order valence-electron chi connectivity index (χ2n) is 5.75. The number of hydrogen-bond donors (Lipinski definition) is 1. The minimum Gasteiger partial charge on any atom is -0.345 e. The molecule has 0 saturated carbocycles. The van der Waals surface area contributed by atoms with E-state index >= 15 is 0 Å². The number of benzene rings is 1. The molecule has 0 spiro atoms. The molecule has 7 nitrogen and oxygen atoms in total. The smallest absolute Gasteiger partial charge is 0.254 e. The van der Waals surface area contributed by atoms with Crippen LogP contribution in [0.3, 0.4) is 0 Å². The molecule has 3 heterocycles. The number of hydrogen-bond acceptors (Lipinski definition) is 4. The van der Waals surface area contributed by atoms with Gasteiger partial charge < -0.3 is 5.32 Å². The molecule has 0 atom stereocenters. The number of carbonyl (C=O) groups excluding carboxylic acids is 1. The van der Waals surface area contributed by atoms with Crippen molar-refractivity contribution in [2.24, 2.45) is 0 Å². The molecular weight excluding hydrogens is 352 g/mol. The van der Waals surface area contributed by atoms with Crippen LogP contribution in [0.25, 0.3) is 5.65 Å². The first-order chi connectivity index (χ1) is 12.7. The summed E-state index contributed by atoms with van der Waals surface area (Å²) in [5.74, 6) is 0.445. The summed E-state index contributed by atoms with van der Waals surface area (Å²) in [6.07, 6.45) is 5.09. The van der Waals surface area contributed by atoms with Crippen molar-refractivity contribution in [2.75, 3.05) is 0 Å². The van der Waals surface area contributed by atoms with Crippen LogP contribution < -0.4 is 5.32 Å². The fraction of sp³-hybridized carbons (Fsp3) is 0.111. The highest BCUT2D eigenvalue weighted by Gasteiger charge is 2.11. The molecule has 0 unspecified atom stereocenters.